The lowest BCUT2D eigenvalue weighted by atomic mass is 10.0. The fourth-order valence-corrected chi connectivity index (χ4v) is 1.99. The number of ether oxygens (including phenoxy) is 2. The lowest BCUT2D eigenvalue weighted by molar-refractivity contribution is -0.0719. The van der Waals surface area contributed by atoms with E-state index in [9.17, 15) is 4.79 Å². The molecule has 17 heavy (non-hydrogen) atoms. The third kappa shape index (κ3) is 3.14. The van der Waals surface area contributed by atoms with Crippen LogP contribution in [0.15, 0.2) is 24.3 Å². The molecule has 92 valence electrons. The molecule has 0 amide bonds. The number of ketones is 1. The van der Waals surface area contributed by atoms with Gasteiger partial charge in [0.2, 0.25) is 0 Å². The van der Waals surface area contributed by atoms with Crippen LogP contribution in [0.25, 0.3) is 0 Å². The first-order valence-corrected chi connectivity index (χ1v) is 6.13. The minimum Gasteiger partial charge on any atom is -0.376 e. The van der Waals surface area contributed by atoms with Crippen LogP contribution in [0.3, 0.4) is 0 Å². The van der Waals surface area contributed by atoms with Crippen molar-refractivity contribution in [3.63, 3.8) is 0 Å². The van der Waals surface area contributed by atoms with Gasteiger partial charge in [-0.05, 0) is 18.1 Å². The summed E-state index contributed by atoms with van der Waals surface area (Å²) in [5.74, 6) is 0.0302. The Hall–Kier alpha value is -1.19. The van der Waals surface area contributed by atoms with E-state index in [4.69, 9.17) is 9.47 Å². The second-order valence-electron chi connectivity index (χ2n) is 4.25. The minimum absolute atomic E-state index is 0.0302. The number of aryl methyl sites for hydroxylation is 1. The summed E-state index contributed by atoms with van der Waals surface area (Å²) in [6.45, 7) is 3.59. The van der Waals surface area contributed by atoms with Gasteiger partial charge in [-0.1, -0.05) is 31.5 Å². The fourth-order valence-electron chi connectivity index (χ4n) is 1.99. The molecule has 1 aromatic rings. The van der Waals surface area contributed by atoms with E-state index in [0.29, 0.717) is 19.8 Å². The first-order valence-electron chi connectivity index (χ1n) is 6.13. The normalized spacial score (nSPS) is 20.2. The SMILES string of the molecule is CCCc1cccc(C(=O)C2COCCO2)c1. The summed E-state index contributed by atoms with van der Waals surface area (Å²) >= 11 is 0. The molecular weight excluding hydrogens is 216 g/mol. The van der Waals surface area contributed by atoms with Gasteiger partial charge in [-0.15, -0.1) is 0 Å². The highest BCUT2D eigenvalue weighted by atomic mass is 16.6. The van der Waals surface area contributed by atoms with Crippen LogP contribution in [0.2, 0.25) is 0 Å². The van der Waals surface area contributed by atoms with E-state index < -0.39 is 6.10 Å². The average molecular weight is 234 g/mol. The second kappa shape index (κ2) is 5.94. The summed E-state index contributed by atoms with van der Waals surface area (Å²) in [5, 5.41) is 0. The second-order valence-corrected chi connectivity index (χ2v) is 4.25. The molecule has 1 heterocycles. The molecule has 0 N–H and O–H groups in total. The highest BCUT2D eigenvalue weighted by Crippen LogP contribution is 2.13. The first kappa shape index (κ1) is 12.3. The van der Waals surface area contributed by atoms with E-state index in [1.807, 2.05) is 18.2 Å². The summed E-state index contributed by atoms with van der Waals surface area (Å²) in [6, 6.07) is 7.80. The van der Waals surface area contributed by atoms with Crippen molar-refractivity contribution in [1.82, 2.24) is 0 Å². The molecule has 1 aliphatic heterocycles. The zero-order valence-electron chi connectivity index (χ0n) is 10.1. The van der Waals surface area contributed by atoms with Crippen molar-refractivity contribution in [3.05, 3.63) is 35.4 Å². The first-order chi connectivity index (χ1) is 8.31. The van der Waals surface area contributed by atoms with Crippen LogP contribution in [0.4, 0.5) is 0 Å². The Kier molecular flexibility index (Phi) is 4.29. The van der Waals surface area contributed by atoms with Gasteiger partial charge in [0.05, 0.1) is 19.8 Å². The van der Waals surface area contributed by atoms with Gasteiger partial charge < -0.3 is 9.47 Å². The summed E-state index contributed by atoms with van der Waals surface area (Å²) in [4.78, 5) is 12.2. The summed E-state index contributed by atoms with van der Waals surface area (Å²) in [5.41, 5.74) is 1.93. The third-order valence-corrected chi connectivity index (χ3v) is 2.86. The van der Waals surface area contributed by atoms with Crippen molar-refractivity contribution >= 4 is 5.78 Å². The van der Waals surface area contributed by atoms with Crippen LogP contribution in [0.1, 0.15) is 29.3 Å². The maximum Gasteiger partial charge on any atom is 0.193 e. The molecule has 0 radical (unpaired) electrons. The van der Waals surface area contributed by atoms with Gasteiger partial charge in [-0.2, -0.15) is 0 Å². The minimum atomic E-state index is -0.430. The Morgan fingerprint density at radius 2 is 2.29 bits per heavy atom. The molecule has 0 saturated carbocycles. The van der Waals surface area contributed by atoms with E-state index in [0.717, 1.165) is 18.4 Å². The number of rotatable bonds is 4. The van der Waals surface area contributed by atoms with Crippen molar-refractivity contribution in [1.29, 1.82) is 0 Å². The highest BCUT2D eigenvalue weighted by Gasteiger charge is 2.23. The van der Waals surface area contributed by atoms with Crippen LogP contribution in [-0.2, 0) is 15.9 Å². The lowest BCUT2D eigenvalue weighted by Gasteiger charge is -2.21. The standard InChI is InChI=1S/C14H18O3/c1-2-4-11-5-3-6-12(9-11)14(15)13-10-16-7-8-17-13/h3,5-6,9,13H,2,4,7-8,10H2,1H3. The van der Waals surface area contributed by atoms with Gasteiger partial charge in [-0.25, -0.2) is 0 Å². The predicted octanol–water partition coefficient (Wildman–Crippen LogP) is 2.24. The van der Waals surface area contributed by atoms with Crippen molar-refractivity contribution in [2.45, 2.75) is 25.9 Å². The number of benzene rings is 1. The monoisotopic (exact) mass is 234 g/mol. The Bertz CT molecular complexity index is 381. The molecular formula is C14H18O3. The quantitative estimate of drug-likeness (QED) is 0.749. The van der Waals surface area contributed by atoms with E-state index in [-0.39, 0.29) is 5.78 Å². The van der Waals surface area contributed by atoms with Crippen molar-refractivity contribution in [2.24, 2.45) is 0 Å². The molecule has 0 spiro atoms. The molecule has 1 aromatic carbocycles. The zero-order chi connectivity index (χ0) is 12.1. The molecule has 1 saturated heterocycles. The summed E-state index contributed by atoms with van der Waals surface area (Å²) in [6.07, 6.45) is 1.66. The molecule has 1 fully saturated rings. The fraction of sp³-hybridized carbons (Fsp3) is 0.500. The maximum absolute atomic E-state index is 12.2. The molecule has 0 aromatic heterocycles. The molecule has 1 aliphatic rings. The van der Waals surface area contributed by atoms with Gasteiger partial charge in [0, 0.05) is 5.56 Å². The Labute approximate surface area is 102 Å². The van der Waals surface area contributed by atoms with Crippen LogP contribution in [-0.4, -0.2) is 31.7 Å². The van der Waals surface area contributed by atoms with Crippen LogP contribution >= 0.6 is 0 Å². The molecule has 2 rings (SSSR count). The van der Waals surface area contributed by atoms with Crippen LogP contribution in [0, 0.1) is 0 Å². The molecule has 1 unspecified atom stereocenters. The lowest BCUT2D eigenvalue weighted by Crippen LogP contribution is -2.35. The summed E-state index contributed by atoms with van der Waals surface area (Å²) < 4.78 is 10.7. The van der Waals surface area contributed by atoms with E-state index in [1.54, 1.807) is 0 Å². The smallest absolute Gasteiger partial charge is 0.193 e. The highest BCUT2D eigenvalue weighted by molar-refractivity contribution is 5.99. The number of Topliss-reactive ketones (excluding diaryl/α,β-unsaturated/α-hetero) is 1. The topological polar surface area (TPSA) is 35.5 Å². The molecule has 3 nitrogen and oxygen atoms in total. The zero-order valence-corrected chi connectivity index (χ0v) is 10.1. The van der Waals surface area contributed by atoms with Crippen molar-refractivity contribution in [3.8, 4) is 0 Å². The number of hydrogen-bond acceptors (Lipinski definition) is 3. The predicted molar refractivity (Wildman–Crippen MR) is 65.3 cm³/mol. The third-order valence-electron chi connectivity index (χ3n) is 2.86. The van der Waals surface area contributed by atoms with Crippen LogP contribution < -0.4 is 0 Å². The van der Waals surface area contributed by atoms with Crippen molar-refractivity contribution < 1.29 is 14.3 Å². The van der Waals surface area contributed by atoms with Gasteiger partial charge in [-0.3, -0.25) is 4.79 Å². The molecule has 3 heteroatoms. The van der Waals surface area contributed by atoms with Gasteiger partial charge in [0.1, 0.15) is 6.10 Å². The largest absolute Gasteiger partial charge is 0.376 e. The van der Waals surface area contributed by atoms with Gasteiger partial charge in [0.25, 0.3) is 0 Å². The van der Waals surface area contributed by atoms with Crippen molar-refractivity contribution in [2.75, 3.05) is 19.8 Å². The number of carbonyl (C=O) groups excluding carboxylic acids is 1. The molecule has 1 atom stereocenters. The van der Waals surface area contributed by atoms with E-state index in [1.165, 1.54) is 5.56 Å². The molecule has 0 aliphatic carbocycles. The molecule has 0 bridgehead atoms. The van der Waals surface area contributed by atoms with E-state index in [2.05, 4.69) is 13.0 Å². The Morgan fingerprint density at radius 3 is 3.00 bits per heavy atom. The van der Waals surface area contributed by atoms with E-state index >= 15 is 0 Å². The Balaban J connectivity index is 2.09. The number of carbonyl (C=O) groups is 1. The summed E-state index contributed by atoms with van der Waals surface area (Å²) in [7, 11) is 0. The number of hydrogen-bond donors (Lipinski definition) is 0. The average Bonchev–Trinajstić information content (AvgIpc) is 2.40. The van der Waals surface area contributed by atoms with Gasteiger partial charge >= 0.3 is 0 Å². The van der Waals surface area contributed by atoms with Gasteiger partial charge in [0.15, 0.2) is 5.78 Å². The Morgan fingerprint density at radius 1 is 1.41 bits per heavy atom. The van der Waals surface area contributed by atoms with Crippen LogP contribution in [0.5, 0.6) is 0 Å². The maximum atomic E-state index is 12.2.